The summed E-state index contributed by atoms with van der Waals surface area (Å²) in [6, 6.07) is 32.5. The first-order chi connectivity index (χ1) is 11.3. The van der Waals surface area contributed by atoms with Crippen molar-refractivity contribution in [3.63, 3.8) is 0 Å². The summed E-state index contributed by atoms with van der Waals surface area (Å²) >= 11 is 3.71. The Kier molecular flexibility index (Phi) is 4.68. The molecule has 0 bridgehead atoms. The van der Waals surface area contributed by atoms with E-state index in [9.17, 15) is 0 Å². The van der Waals surface area contributed by atoms with Crippen LogP contribution in [-0.4, -0.2) is 6.16 Å². The molecule has 118 valence electrons. The van der Waals surface area contributed by atoms with Crippen LogP contribution in [0.25, 0.3) is 0 Å². The van der Waals surface area contributed by atoms with Crippen LogP contribution in [0.4, 0.5) is 0 Å². The van der Waals surface area contributed by atoms with Crippen molar-refractivity contribution in [3.8, 4) is 0 Å². The molecule has 0 aromatic heterocycles. The summed E-state index contributed by atoms with van der Waals surface area (Å²) < 4.78 is 3.67. The van der Waals surface area contributed by atoms with Crippen molar-refractivity contribution in [2.45, 2.75) is 6.92 Å². The molecule has 1 N–H and O–H groups in total. The fraction of sp³-hybridized carbons (Fsp3) is 0.100. The Balaban J connectivity index is 2.46. The van der Waals surface area contributed by atoms with Crippen LogP contribution in [0.5, 0.6) is 0 Å². The SMILES string of the molecule is CCP(NBr)(c1ccccc1)(c1ccccc1)c1ccccc1. The predicted octanol–water partition coefficient (Wildman–Crippen LogP) is 4.35. The first-order valence-corrected chi connectivity index (χ1v) is 11.1. The molecule has 1 nitrogen and oxygen atoms in total. The average molecular weight is 386 g/mol. The van der Waals surface area contributed by atoms with Crippen LogP contribution in [0.3, 0.4) is 0 Å². The molecule has 0 atom stereocenters. The number of hydrogen-bond donors (Lipinski definition) is 1. The summed E-state index contributed by atoms with van der Waals surface area (Å²) in [5, 5.41) is 4.03. The topological polar surface area (TPSA) is 12.0 Å². The maximum absolute atomic E-state index is 3.71. The monoisotopic (exact) mass is 385 g/mol. The van der Waals surface area contributed by atoms with Gasteiger partial charge in [0.25, 0.3) is 0 Å². The molecule has 0 amide bonds. The Morgan fingerprint density at radius 2 is 0.957 bits per heavy atom. The molecule has 0 heterocycles. The number of rotatable bonds is 5. The molecule has 0 aliphatic carbocycles. The molecule has 0 fully saturated rings. The van der Waals surface area contributed by atoms with Crippen molar-refractivity contribution in [2.24, 2.45) is 0 Å². The Bertz CT molecular complexity index is 652. The van der Waals surface area contributed by atoms with Gasteiger partial charge < -0.3 is 0 Å². The van der Waals surface area contributed by atoms with Gasteiger partial charge in [-0.1, -0.05) is 0 Å². The molecule has 0 aliphatic rings. The van der Waals surface area contributed by atoms with Gasteiger partial charge in [-0.2, -0.15) is 0 Å². The second-order valence-corrected chi connectivity index (χ2v) is 11.7. The van der Waals surface area contributed by atoms with E-state index in [-0.39, 0.29) is 0 Å². The number of hydrogen-bond acceptors (Lipinski definition) is 1. The van der Waals surface area contributed by atoms with E-state index in [1.54, 1.807) is 0 Å². The fourth-order valence-electron chi connectivity index (χ4n) is 3.47. The quantitative estimate of drug-likeness (QED) is 0.508. The van der Waals surface area contributed by atoms with Crippen LogP contribution in [0.15, 0.2) is 91.0 Å². The van der Waals surface area contributed by atoms with Crippen LogP contribution in [0.2, 0.25) is 0 Å². The number of nitrogens with one attached hydrogen (secondary N) is 1. The fourth-order valence-corrected chi connectivity index (χ4v) is 11.0. The second-order valence-electron chi connectivity index (χ2n) is 5.71. The maximum atomic E-state index is 3.71. The van der Waals surface area contributed by atoms with Crippen LogP contribution in [-0.2, 0) is 0 Å². The zero-order valence-electron chi connectivity index (χ0n) is 13.2. The van der Waals surface area contributed by atoms with Crippen LogP contribution in [0, 0.1) is 0 Å². The third-order valence-electron chi connectivity index (χ3n) is 4.80. The summed E-state index contributed by atoms with van der Waals surface area (Å²) in [5.41, 5.74) is 0. The van der Waals surface area contributed by atoms with Crippen molar-refractivity contribution in [3.05, 3.63) is 91.0 Å². The van der Waals surface area contributed by atoms with Crippen molar-refractivity contribution < 1.29 is 0 Å². The van der Waals surface area contributed by atoms with E-state index in [4.69, 9.17) is 0 Å². The first kappa shape index (κ1) is 16.4. The van der Waals surface area contributed by atoms with Gasteiger partial charge in [0.1, 0.15) is 0 Å². The molecule has 23 heavy (non-hydrogen) atoms. The molecule has 0 unspecified atom stereocenters. The van der Waals surface area contributed by atoms with Crippen LogP contribution < -0.4 is 20.0 Å². The Hall–Kier alpha value is -1.47. The van der Waals surface area contributed by atoms with Crippen molar-refractivity contribution in [1.82, 2.24) is 4.11 Å². The normalized spacial score (nSPS) is 13.2. The van der Waals surface area contributed by atoms with Crippen molar-refractivity contribution >= 4 is 38.8 Å². The van der Waals surface area contributed by atoms with Gasteiger partial charge in [0.15, 0.2) is 0 Å². The van der Waals surface area contributed by atoms with E-state index in [1.165, 1.54) is 15.9 Å². The van der Waals surface area contributed by atoms with Crippen LogP contribution >= 0.6 is 22.9 Å². The van der Waals surface area contributed by atoms with Gasteiger partial charge in [-0.15, -0.1) is 0 Å². The summed E-state index contributed by atoms with van der Waals surface area (Å²) in [6.07, 6.45) is 0.995. The zero-order valence-corrected chi connectivity index (χ0v) is 15.7. The molecule has 0 saturated heterocycles. The summed E-state index contributed by atoms with van der Waals surface area (Å²) in [6.45, 7) is -0.482. The third-order valence-corrected chi connectivity index (χ3v) is 13.1. The molecule has 0 radical (unpaired) electrons. The average Bonchev–Trinajstić information content (AvgIpc) is 2.67. The standard InChI is InChI=1S/C20H21BrNP/c1-2-23(22-21,18-12-6-3-7-13-18,19-14-8-4-9-15-19)20-16-10-5-11-17-20/h3-17,22H,2H2,1H3. The van der Waals surface area contributed by atoms with Gasteiger partial charge >= 0.3 is 147 Å². The summed E-state index contributed by atoms with van der Waals surface area (Å²) in [5.74, 6) is 0. The molecule has 0 spiro atoms. The van der Waals surface area contributed by atoms with Crippen molar-refractivity contribution in [1.29, 1.82) is 0 Å². The van der Waals surface area contributed by atoms with E-state index in [0.29, 0.717) is 0 Å². The zero-order chi connectivity index (χ0) is 16.2. The second kappa shape index (κ2) is 6.57. The van der Waals surface area contributed by atoms with Gasteiger partial charge in [-0.3, -0.25) is 0 Å². The van der Waals surface area contributed by atoms with E-state index in [2.05, 4.69) is 118 Å². The van der Waals surface area contributed by atoms with Gasteiger partial charge in [0.2, 0.25) is 0 Å². The number of benzene rings is 3. The molecular formula is C20H21BrNP. The molecule has 3 rings (SSSR count). The van der Waals surface area contributed by atoms with E-state index >= 15 is 0 Å². The van der Waals surface area contributed by atoms with Gasteiger partial charge in [-0.05, 0) is 0 Å². The van der Waals surface area contributed by atoms with E-state index in [1.807, 2.05) is 0 Å². The van der Waals surface area contributed by atoms with Crippen molar-refractivity contribution in [2.75, 3.05) is 6.16 Å². The van der Waals surface area contributed by atoms with Gasteiger partial charge in [-0.25, -0.2) is 0 Å². The number of halogens is 1. The molecule has 3 aromatic rings. The Labute approximate surface area is 147 Å². The predicted molar refractivity (Wildman–Crippen MR) is 108 cm³/mol. The van der Waals surface area contributed by atoms with Gasteiger partial charge in [0, 0.05) is 0 Å². The summed E-state index contributed by atoms with van der Waals surface area (Å²) in [7, 11) is 0. The molecule has 0 saturated carbocycles. The molecular weight excluding hydrogens is 365 g/mol. The van der Waals surface area contributed by atoms with E-state index < -0.39 is 6.75 Å². The Morgan fingerprint density at radius 1 is 0.652 bits per heavy atom. The molecule has 3 aromatic carbocycles. The molecule has 0 aliphatic heterocycles. The van der Waals surface area contributed by atoms with Crippen LogP contribution in [0.1, 0.15) is 6.92 Å². The third kappa shape index (κ3) is 2.37. The minimum absolute atomic E-state index is 0.995. The van der Waals surface area contributed by atoms with E-state index in [0.717, 1.165) is 6.16 Å². The molecule has 3 heteroatoms. The van der Waals surface area contributed by atoms with Gasteiger partial charge in [0.05, 0.1) is 0 Å². The minimum atomic E-state index is -2.76. The first-order valence-electron chi connectivity index (χ1n) is 7.84. The Morgan fingerprint density at radius 3 is 1.17 bits per heavy atom. The summed E-state index contributed by atoms with van der Waals surface area (Å²) in [4.78, 5) is 0.